The molecule has 0 aromatic rings. The maximum Gasteiger partial charge on any atom is 0.306 e. The van der Waals surface area contributed by atoms with Gasteiger partial charge in [0.05, 0.1) is 19.8 Å². The lowest BCUT2D eigenvalue weighted by molar-refractivity contribution is -0.332. The molecule has 0 bridgehead atoms. The van der Waals surface area contributed by atoms with Gasteiger partial charge in [0, 0.05) is 12.8 Å². The highest BCUT2D eigenvalue weighted by Gasteiger charge is 2.47. The summed E-state index contributed by atoms with van der Waals surface area (Å²) in [5.41, 5.74) is 0. The van der Waals surface area contributed by atoms with Crippen molar-refractivity contribution < 1.29 is 73.8 Å². The van der Waals surface area contributed by atoms with Crippen molar-refractivity contribution in [3.05, 3.63) is 60.8 Å². The van der Waals surface area contributed by atoms with Crippen LogP contribution in [0.3, 0.4) is 0 Å². The van der Waals surface area contributed by atoms with E-state index < -0.39 is 99.3 Å². The van der Waals surface area contributed by atoms with Crippen LogP contribution in [0.15, 0.2) is 60.8 Å². The van der Waals surface area contributed by atoms with Crippen LogP contribution in [-0.4, -0.2) is 142 Å². The monoisotopic (exact) mass is 967 g/mol. The van der Waals surface area contributed by atoms with Gasteiger partial charge in [0.15, 0.2) is 18.7 Å². The van der Waals surface area contributed by atoms with Crippen LogP contribution in [-0.2, 0) is 38.0 Å². The first kappa shape index (κ1) is 61.3. The lowest BCUT2D eigenvalue weighted by Gasteiger charge is -2.42. The third-order valence-corrected chi connectivity index (χ3v) is 12.0. The molecule has 0 amide bonds. The fourth-order valence-electron chi connectivity index (χ4n) is 7.67. The van der Waals surface area contributed by atoms with Crippen molar-refractivity contribution in [3.63, 3.8) is 0 Å². The molecule has 0 aliphatic carbocycles. The van der Waals surface area contributed by atoms with E-state index in [1.54, 1.807) is 0 Å². The average molecular weight is 967 g/mol. The van der Waals surface area contributed by atoms with E-state index >= 15 is 0 Å². The van der Waals surface area contributed by atoms with Gasteiger partial charge < -0.3 is 64.2 Å². The molecule has 2 aliphatic rings. The minimum Gasteiger partial charge on any atom is -0.462 e. The first-order valence-corrected chi connectivity index (χ1v) is 25.9. The zero-order valence-electron chi connectivity index (χ0n) is 41.3. The zero-order chi connectivity index (χ0) is 49.6. The van der Waals surface area contributed by atoms with Crippen molar-refractivity contribution in [2.24, 2.45) is 0 Å². The first-order valence-electron chi connectivity index (χ1n) is 25.9. The van der Waals surface area contributed by atoms with E-state index in [1.165, 1.54) is 64.2 Å². The third kappa shape index (κ3) is 27.6. The van der Waals surface area contributed by atoms with E-state index in [-0.39, 0.29) is 19.4 Å². The summed E-state index contributed by atoms with van der Waals surface area (Å²) >= 11 is 0. The molecule has 2 heterocycles. The van der Waals surface area contributed by atoms with Crippen LogP contribution >= 0.6 is 0 Å². The van der Waals surface area contributed by atoms with Crippen LogP contribution in [0.25, 0.3) is 0 Å². The second-order valence-electron chi connectivity index (χ2n) is 18.0. The second-order valence-corrected chi connectivity index (χ2v) is 18.0. The third-order valence-electron chi connectivity index (χ3n) is 12.0. The van der Waals surface area contributed by atoms with Gasteiger partial charge in [-0.2, -0.15) is 0 Å². The van der Waals surface area contributed by atoms with E-state index in [0.29, 0.717) is 19.3 Å². The SMILES string of the molecule is CCCCC/C=C/C/C=C/C/C=C/C/C=C/CCCC(=O)O[C@H](COC(=O)CCCCCCCCC/C=C/CCCCCC)CO[C@H]1O[C@@H](CO[C@H]2O[C@@H](CO)[C@@H](O)C(O)C2O)[C@@H](O)C(O)C1O. The van der Waals surface area contributed by atoms with E-state index in [1.807, 2.05) is 12.2 Å². The predicted molar refractivity (Wildman–Crippen MR) is 261 cm³/mol. The highest BCUT2D eigenvalue weighted by atomic mass is 16.7. The number of allylic oxidation sites excluding steroid dienone is 10. The highest BCUT2D eigenvalue weighted by molar-refractivity contribution is 5.70. The Bertz CT molecular complexity index is 1420. The topological polar surface area (TPSA) is 231 Å². The Kier molecular flexibility index (Phi) is 36.0. The largest absolute Gasteiger partial charge is 0.462 e. The number of carbonyl (C=O) groups is 2. The number of carbonyl (C=O) groups excluding carboxylic acids is 2. The molecule has 15 heteroatoms. The van der Waals surface area contributed by atoms with Crippen molar-refractivity contribution >= 4 is 11.9 Å². The van der Waals surface area contributed by atoms with Crippen LogP contribution in [0.2, 0.25) is 0 Å². The van der Waals surface area contributed by atoms with Gasteiger partial charge in [0.2, 0.25) is 0 Å². The normalized spacial score (nSPS) is 26.2. The molecule has 0 radical (unpaired) electrons. The van der Waals surface area contributed by atoms with Gasteiger partial charge in [-0.05, 0) is 77.0 Å². The molecule has 4 unspecified atom stereocenters. The molecule has 2 rings (SSSR count). The lowest BCUT2D eigenvalue weighted by Crippen LogP contribution is -2.61. The van der Waals surface area contributed by atoms with E-state index in [2.05, 4.69) is 62.5 Å². The maximum atomic E-state index is 13.0. The molecule has 2 saturated heterocycles. The minimum atomic E-state index is -1.78. The van der Waals surface area contributed by atoms with Crippen molar-refractivity contribution in [2.75, 3.05) is 26.4 Å². The number of aliphatic hydroxyl groups is 7. The first-order chi connectivity index (χ1) is 33.0. The van der Waals surface area contributed by atoms with Crippen molar-refractivity contribution in [1.29, 1.82) is 0 Å². The summed E-state index contributed by atoms with van der Waals surface area (Å²) in [6, 6.07) is 0. The summed E-state index contributed by atoms with van der Waals surface area (Å²) in [5, 5.41) is 72.1. The summed E-state index contributed by atoms with van der Waals surface area (Å²) in [6.45, 7) is 2.48. The predicted octanol–water partition coefficient (Wildman–Crippen LogP) is 7.27. The number of aliphatic hydroxyl groups excluding tert-OH is 7. The smallest absolute Gasteiger partial charge is 0.306 e. The van der Waals surface area contributed by atoms with Gasteiger partial charge in [0.1, 0.15) is 55.4 Å². The standard InChI is InChI=1S/C53H90O15/c1-3-5-7-9-11-13-15-17-19-20-22-24-26-28-30-32-34-36-45(56)66-41(38-63-44(55)35-33-31-29-27-25-23-21-18-16-14-12-10-8-6-4-2)39-64-52-51(62)49(60)47(58)43(68-52)40-65-53-50(61)48(59)46(57)42(37-54)67-53/h11,13-14,16-17,19,22,24,28,30,41-43,46-54,57-62H,3-10,12,15,18,20-21,23,25-27,29,31-40H2,1-2H3/b13-11+,16-14+,19-17+,24-22+,30-28+/t41-,42+,43+,46-,47-,48?,49?,50?,51?,52+,53+/m1/s1. The van der Waals surface area contributed by atoms with Crippen molar-refractivity contribution in [3.8, 4) is 0 Å². The summed E-state index contributed by atoms with van der Waals surface area (Å²) in [6.07, 6.45) is 28.2. The van der Waals surface area contributed by atoms with E-state index in [4.69, 9.17) is 28.4 Å². The van der Waals surface area contributed by atoms with Crippen LogP contribution in [0.4, 0.5) is 0 Å². The van der Waals surface area contributed by atoms with Crippen LogP contribution in [0.1, 0.15) is 168 Å². The summed E-state index contributed by atoms with van der Waals surface area (Å²) in [7, 11) is 0. The molecule has 2 aliphatic heterocycles. The van der Waals surface area contributed by atoms with Crippen LogP contribution in [0.5, 0.6) is 0 Å². The number of hydrogen-bond donors (Lipinski definition) is 7. The molecule has 11 atom stereocenters. The molecule has 7 N–H and O–H groups in total. The Morgan fingerprint density at radius 1 is 0.471 bits per heavy atom. The Hall–Kier alpha value is -2.80. The highest BCUT2D eigenvalue weighted by Crippen LogP contribution is 2.26. The van der Waals surface area contributed by atoms with Gasteiger partial charge in [-0.1, -0.05) is 139 Å². The molecular weight excluding hydrogens is 877 g/mol. The van der Waals surface area contributed by atoms with Crippen LogP contribution < -0.4 is 0 Å². The second kappa shape index (κ2) is 39.9. The minimum absolute atomic E-state index is 0.0864. The number of hydrogen-bond acceptors (Lipinski definition) is 15. The fourth-order valence-corrected chi connectivity index (χ4v) is 7.67. The quantitative estimate of drug-likeness (QED) is 0.0183. The Balaban J connectivity index is 1.84. The summed E-state index contributed by atoms with van der Waals surface area (Å²) < 4.78 is 33.5. The molecular formula is C53H90O15. The molecule has 392 valence electrons. The van der Waals surface area contributed by atoms with Crippen molar-refractivity contribution in [2.45, 2.75) is 235 Å². The Morgan fingerprint density at radius 3 is 1.47 bits per heavy atom. The van der Waals surface area contributed by atoms with Gasteiger partial charge in [-0.15, -0.1) is 0 Å². The van der Waals surface area contributed by atoms with Crippen molar-refractivity contribution in [1.82, 2.24) is 0 Å². The molecule has 68 heavy (non-hydrogen) atoms. The molecule has 15 nitrogen and oxygen atoms in total. The van der Waals surface area contributed by atoms with Gasteiger partial charge in [0.25, 0.3) is 0 Å². The zero-order valence-corrected chi connectivity index (χ0v) is 41.3. The van der Waals surface area contributed by atoms with E-state index in [9.17, 15) is 45.3 Å². The number of esters is 2. The number of ether oxygens (including phenoxy) is 6. The molecule has 0 saturated carbocycles. The van der Waals surface area contributed by atoms with Gasteiger partial charge >= 0.3 is 11.9 Å². The Labute approximate surface area is 407 Å². The lowest BCUT2D eigenvalue weighted by atomic mass is 9.98. The maximum absolute atomic E-state index is 13.0. The molecule has 0 spiro atoms. The molecule has 0 aromatic heterocycles. The molecule has 2 fully saturated rings. The van der Waals surface area contributed by atoms with Gasteiger partial charge in [-0.25, -0.2) is 0 Å². The average Bonchev–Trinajstić information content (AvgIpc) is 3.33. The van der Waals surface area contributed by atoms with Crippen LogP contribution in [0, 0.1) is 0 Å². The van der Waals surface area contributed by atoms with E-state index in [0.717, 1.165) is 57.8 Å². The van der Waals surface area contributed by atoms with Gasteiger partial charge in [-0.3, -0.25) is 9.59 Å². The summed E-state index contributed by atoms with van der Waals surface area (Å²) in [5.74, 6) is -0.999. The number of unbranched alkanes of at least 4 members (excludes halogenated alkanes) is 15. The molecule has 0 aromatic carbocycles. The fraction of sp³-hybridized carbons (Fsp3) is 0.774. The Morgan fingerprint density at radius 2 is 0.897 bits per heavy atom. The number of rotatable bonds is 39. The summed E-state index contributed by atoms with van der Waals surface area (Å²) in [4.78, 5) is 25.7.